The molecular formula is C26H24Cl2N2O2S. The topological polar surface area (TPSA) is 50.4 Å². The third kappa shape index (κ3) is 6.05. The number of rotatable bonds is 7. The molecule has 0 aliphatic carbocycles. The number of ether oxygens (including phenoxy) is 1. The fraction of sp³-hybridized carbons (Fsp3) is 0.192. The Morgan fingerprint density at radius 3 is 2.30 bits per heavy atom. The molecule has 33 heavy (non-hydrogen) atoms. The second kappa shape index (κ2) is 10.6. The summed E-state index contributed by atoms with van der Waals surface area (Å²) < 4.78 is 5.86. The van der Waals surface area contributed by atoms with Crippen molar-refractivity contribution in [2.45, 2.75) is 32.4 Å². The summed E-state index contributed by atoms with van der Waals surface area (Å²) in [5, 5.41) is 7.06. The van der Waals surface area contributed by atoms with Crippen LogP contribution in [0.4, 0.5) is 5.69 Å². The highest BCUT2D eigenvalue weighted by Gasteiger charge is 2.27. The third-order valence-electron chi connectivity index (χ3n) is 5.21. The van der Waals surface area contributed by atoms with Gasteiger partial charge in [0.1, 0.15) is 6.61 Å². The van der Waals surface area contributed by atoms with E-state index in [1.165, 1.54) is 22.9 Å². The molecule has 0 aromatic heterocycles. The zero-order valence-electron chi connectivity index (χ0n) is 18.3. The number of nitrogens with one attached hydrogen (secondary N) is 2. The second-order valence-electron chi connectivity index (χ2n) is 7.76. The van der Waals surface area contributed by atoms with Crippen LogP contribution in [0.25, 0.3) is 6.08 Å². The molecule has 1 heterocycles. The van der Waals surface area contributed by atoms with Gasteiger partial charge in [-0.1, -0.05) is 83.8 Å². The molecule has 0 bridgehead atoms. The fourth-order valence-corrected chi connectivity index (χ4v) is 4.94. The number of aryl methyl sites for hydroxylation is 2. The van der Waals surface area contributed by atoms with Gasteiger partial charge in [-0.15, -0.1) is 0 Å². The van der Waals surface area contributed by atoms with Gasteiger partial charge in [-0.2, -0.15) is 0 Å². The smallest absolute Gasteiger partial charge is 0.260 e. The van der Waals surface area contributed by atoms with Gasteiger partial charge in [0.05, 0.1) is 15.0 Å². The van der Waals surface area contributed by atoms with Gasteiger partial charge in [0.25, 0.3) is 5.91 Å². The van der Waals surface area contributed by atoms with Gasteiger partial charge in [-0.25, -0.2) is 0 Å². The van der Waals surface area contributed by atoms with Crippen LogP contribution in [0.1, 0.15) is 29.2 Å². The number of carbonyl (C=O) groups excluding carboxylic acids is 1. The lowest BCUT2D eigenvalue weighted by Crippen LogP contribution is -2.30. The van der Waals surface area contributed by atoms with Gasteiger partial charge in [0.2, 0.25) is 0 Å². The quantitative estimate of drug-likeness (QED) is 0.342. The lowest BCUT2D eigenvalue weighted by Gasteiger charge is -2.13. The van der Waals surface area contributed by atoms with Crippen molar-refractivity contribution in [1.82, 2.24) is 5.32 Å². The summed E-state index contributed by atoms with van der Waals surface area (Å²) in [6, 6.07) is 19.8. The van der Waals surface area contributed by atoms with Gasteiger partial charge in [0.15, 0.2) is 11.2 Å². The summed E-state index contributed by atoms with van der Waals surface area (Å²) in [6.07, 6.45) is 2.77. The van der Waals surface area contributed by atoms with Crippen molar-refractivity contribution >= 4 is 52.6 Å². The highest BCUT2D eigenvalue weighted by atomic mass is 35.5. The van der Waals surface area contributed by atoms with Crippen LogP contribution < -0.4 is 15.4 Å². The number of benzene rings is 3. The van der Waals surface area contributed by atoms with Crippen LogP contribution in [0.15, 0.2) is 65.6 Å². The van der Waals surface area contributed by atoms with Crippen LogP contribution in [0.5, 0.6) is 5.75 Å². The second-order valence-corrected chi connectivity index (χ2v) is 9.72. The Hall–Kier alpha value is -2.60. The van der Waals surface area contributed by atoms with Gasteiger partial charge in [-0.05, 0) is 60.4 Å². The normalized spacial score (nSPS) is 16.7. The van der Waals surface area contributed by atoms with Gasteiger partial charge in [-0.3, -0.25) is 4.79 Å². The molecule has 1 atom stereocenters. The molecule has 4 rings (SSSR count). The molecule has 1 aliphatic heterocycles. The van der Waals surface area contributed by atoms with E-state index in [2.05, 4.69) is 29.7 Å². The summed E-state index contributed by atoms with van der Waals surface area (Å²) in [5.74, 6) is 0.286. The van der Waals surface area contributed by atoms with Crippen LogP contribution in [-0.4, -0.2) is 11.4 Å². The van der Waals surface area contributed by atoms with E-state index >= 15 is 0 Å². The molecule has 3 aromatic rings. The van der Waals surface area contributed by atoms with Crippen LogP contribution in [0.2, 0.25) is 10.0 Å². The fourth-order valence-electron chi connectivity index (χ4n) is 3.35. The van der Waals surface area contributed by atoms with Crippen molar-refractivity contribution in [2.24, 2.45) is 0 Å². The SMILES string of the molecule is CCc1ccc(N[C@H]2NC(=O)/C(=C/c3cc(Cl)c(OCc4ccc(C)cc4)c(Cl)c3)S2)cc1. The van der Waals surface area contributed by atoms with Crippen LogP contribution >= 0.6 is 35.0 Å². The monoisotopic (exact) mass is 498 g/mol. The van der Waals surface area contributed by atoms with Crippen LogP contribution in [-0.2, 0) is 17.8 Å². The third-order valence-corrected chi connectivity index (χ3v) is 6.80. The summed E-state index contributed by atoms with van der Waals surface area (Å²) in [4.78, 5) is 13.1. The van der Waals surface area contributed by atoms with E-state index < -0.39 is 0 Å². The van der Waals surface area contributed by atoms with Crippen LogP contribution in [0, 0.1) is 6.92 Å². The van der Waals surface area contributed by atoms with Crippen LogP contribution in [0.3, 0.4) is 0 Å². The van der Waals surface area contributed by atoms with Crippen molar-refractivity contribution in [3.63, 3.8) is 0 Å². The summed E-state index contributed by atoms with van der Waals surface area (Å²) in [7, 11) is 0. The summed E-state index contributed by atoms with van der Waals surface area (Å²) >= 11 is 14.3. The molecule has 1 amide bonds. The number of carbonyl (C=O) groups is 1. The van der Waals surface area contributed by atoms with Gasteiger partial charge >= 0.3 is 0 Å². The molecule has 0 spiro atoms. The lowest BCUT2D eigenvalue weighted by molar-refractivity contribution is -0.116. The minimum Gasteiger partial charge on any atom is -0.486 e. The largest absolute Gasteiger partial charge is 0.486 e. The molecular weight excluding hydrogens is 475 g/mol. The lowest BCUT2D eigenvalue weighted by atomic mass is 10.1. The minimum absolute atomic E-state index is 0.144. The van der Waals surface area contributed by atoms with Crippen molar-refractivity contribution in [2.75, 3.05) is 5.32 Å². The molecule has 1 aliphatic rings. The highest BCUT2D eigenvalue weighted by Crippen LogP contribution is 2.37. The van der Waals surface area contributed by atoms with Crippen molar-refractivity contribution in [3.8, 4) is 5.75 Å². The Morgan fingerprint density at radius 1 is 1.03 bits per heavy atom. The van der Waals surface area contributed by atoms with Crippen molar-refractivity contribution in [3.05, 3.63) is 97.9 Å². The first kappa shape index (κ1) is 23.6. The van der Waals surface area contributed by atoms with E-state index in [1.807, 2.05) is 43.3 Å². The predicted molar refractivity (Wildman–Crippen MR) is 139 cm³/mol. The van der Waals surface area contributed by atoms with Gasteiger partial charge in [0, 0.05) is 5.69 Å². The Morgan fingerprint density at radius 2 is 1.67 bits per heavy atom. The molecule has 0 radical (unpaired) electrons. The van der Waals surface area contributed by atoms with E-state index in [0.717, 1.165) is 23.2 Å². The molecule has 7 heteroatoms. The zero-order valence-corrected chi connectivity index (χ0v) is 20.7. The first-order chi connectivity index (χ1) is 15.9. The number of thioether (sulfide) groups is 1. The van der Waals surface area contributed by atoms with E-state index in [1.54, 1.807) is 18.2 Å². The average Bonchev–Trinajstić information content (AvgIpc) is 3.13. The molecule has 0 unspecified atom stereocenters. The molecule has 0 saturated carbocycles. The molecule has 3 aromatic carbocycles. The Kier molecular flexibility index (Phi) is 7.53. The first-order valence-electron chi connectivity index (χ1n) is 10.6. The number of anilines is 1. The van der Waals surface area contributed by atoms with E-state index in [9.17, 15) is 4.79 Å². The number of halogens is 2. The number of hydrogen-bond acceptors (Lipinski definition) is 4. The average molecular weight is 499 g/mol. The van der Waals surface area contributed by atoms with Crippen molar-refractivity contribution in [1.29, 1.82) is 0 Å². The predicted octanol–water partition coefficient (Wildman–Crippen LogP) is 7.04. The maximum atomic E-state index is 12.5. The maximum absolute atomic E-state index is 12.5. The molecule has 1 saturated heterocycles. The number of amides is 1. The first-order valence-corrected chi connectivity index (χ1v) is 12.3. The molecule has 170 valence electrons. The molecule has 2 N–H and O–H groups in total. The van der Waals surface area contributed by atoms with E-state index in [4.69, 9.17) is 27.9 Å². The maximum Gasteiger partial charge on any atom is 0.260 e. The number of hydrogen-bond donors (Lipinski definition) is 2. The molecule has 4 nitrogen and oxygen atoms in total. The van der Waals surface area contributed by atoms with E-state index in [-0.39, 0.29) is 11.4 Å². The summed E-state index contributed by atoms with van der Waals surface area (Å²) in [6.45, 7) is 4.52. The summed E-state index contributed by atoms with van der Waals surface area (Å²) in [5.41, 5.74) is 4.92. The van der Waals surface area contributed by atoms with Crippen molar-refractivity contribution < 1.29 is 9.53 Å². The van der Waals surface area contributed by atoms with E-state index in [0.29, 0.717) is 27.3 Å². The molecule has 1 fully saturated rings. The zero-order chi connectivity index (χ0) is 23.4. The Labute approximate surface area is 208 Å². The highest BCUT2D eigenvalue weighted by molar-refractivity contribution is 8.05. The minimum atomic E-state index is -0.251. The Balaban J connectivity index is 1.43. The standard InChI is InChI=1S/C26H24Cl2N2O2S/c1-3-17-8-10-20(11-9-17)29-26-30-25(31)23(33-26)14-19-12-21(27)24(22(28)13-19)32-15-18-6-4-16(2)5-7-18/h4-14,26,29H,3,15H2,1-2H3,(H,30,31)/b23-14-/t26-/m0/s1. The Bertz CT molecular complexity index is 1150. The van der Waals surface area contributed by atoms with Gasteiger partial charge < -0.3 is 15.4 Å².